The summed E-state index contributed by atoms with van der Waals surface area (Å²) in [7, 11) is 2.65. The lowest BCUT2D eigenvalue weighted by Gasteiger charge is -2.19. The van der Waals surface area contributed by atoms with Crippen molar-refractivity contribution in [2.24, 2.45) is 0 Å². The van der Waals surface area contributed by atoms with Crippen LogP contribution in [0.1, 0.15) is 31.2 Å². The van der Waals surface area contributed by atoms with E-state index in [2.05, 4.69) is 20.6 Å². The Morgan fingerprint density at radius 1 is 1.10 bits per heavy atom. The number of hydrogen-bond donors (Lipinski definition) is 3. The highest BCUT2D eigenvalue weighted by molar-refractivity contribution is 5.91. The molecular weight excluding hydrogens is 378 g/mol. The number of anilines is 2. The van der Waals surface area contributed by atoms with Crippen LogP contribution < -0.4 is 20.1 Å². The first-order chi connectivity index (χ1) is 14.1. The molecule has 2 aromatic heterocycles. The average Bonchev–Trinajstić information content (AvgIpc) is 3.41. The lowest BCUT2D eigenvalue weighted by Crippen LogP contribution is -2.17. The van der Waals surface area contributed by atoms with Crippen molar-refractivity contribution in [3.63, 3.8) is 0 Å². The molecular formula is C21H24F2N4O2. The summed E-state index contributed by atoms with van der Waals surface area (Å²) < 4.78 is 39.3. The zero-order valence-electron chi connectivity index (χ0n) is 16.4. The summed E-state index contributed by atoms with van der Waals surface area (Å²) in [4.78, 5) is 7.54. The monoisotopic (exact) mass is 402 g/mol. The Morgan fingerprint density at radius 3 is 2.45 bits per heavy atom. The number of halogens is 2. The molecule has 29 heavy (non-hydrogen) atoms. The van der Waals surface area contributed by atoms with Crippen LogP contribution >= 0.6 is 0 Å². The van der Waals surface area contributed by atoms with E-state index >= 15 is 0 Å². The molecule has 3 N–H and O–H groups in total. The minimum absolute atomic E-state index is 0.0886. The van der Waals surface area contributed by atoms with E-state index in [9.17, 15) is 8.78 Å². The van der Waals surface area contributed by atoms with E-state index < -0.39 is 11.6 Å². The van der Waals surface area contributed by atoms with Gasteiger partial charge in [-0.3, -0.25) is 0 Å². The van der Waals surface area contributed by atoms with E-state index in [1.54, 1.807) is 6.20 Å². The predicted molar refractivity (Wildman–Crippen MR) is 109 cm³/mol. The quantitative estimate of drug-likeness (QED) is 0.528. The van der Waals surface area contributed by atoms with Crippen LogP contribution in [0.15, 0.2) is 24.5 Å². The van der Waals surface area contributed by atoms with Gasteiger partial charge in [0.1, 0.15) is 11.3 Å². The van der Waals surface area contributed by atoms with Gasteiger partial charge in [0.15, 0.2) is 23.1 Å². The second-order valence-electron chi connectivity index (χ2n) is 7.16. The SMILES string of the molecule is COc1cc(OC)c(F)c(NCc2cnc3[nH]ccc3c2NC2CCCC2)c1F. The number of nitrogens with one attached hydrogen (secondary N) is 3. The molecule has 4 rings (SSSR count). The molecule has 1 aliphatic carbocycles. The Hall–Kier alpha value is -3.03. The maximum atomic E-state index is 14.7. The van der Waals surface area contributed by atoms with E-state index in [4.69, 9.17) is 9.47 Å². The molecule has 2 heterocycles. The fourth-order valence-corrected chi connectivity index (χ4v) is 3.85. The summed E-state index contributed by atoms with van der Waals surface area (Å²) in [5.74, 6) is -1.78. The third kappa shape index (κ3) is 3.66. The molecule has 0 saturated heterocycles. The number of pyridine rings is 1. The molecule has 154 valence electrons. The van der Waals surface area contributed by atoms with E-state index in [0.29, 0.717) is 6.04 Å². The smallest absolute Gasteiger partial charge is 0.191 e. The number of H-pyrrole nitrogens is 1. The van der Waals surface area contributed by atoms with Gasteiger partial charge in [0.2, 0.25) is 0 Å². The summed E-state index contributed by atoms with van der Waals surface area (Å²) in [6.07, 6.45) is 8.17. The first-order valence-corrected chi connectivity index (χ1v) is 9.67. The molecule has 6 nitrogen and oxygen atoms in total. The lowest BCUT2D eigenvalue weighted by atomic mass is 10.1. The first-order valence-electron chi connectivity index (χ1n) is 9.67. The highest BCUT2D eigenvalue weighted by Crippen LogP contribution is 2.36. The van der Waals surface area contributed by atoms with Crippen molar-refractivity contribution in [2.75, 3.05) is 24.9 Å². The fraction of sp³-hybridized carbons (Fsp3) is 0.381. The van der Waals surface area contributed by atoms with Crippen molar-refractivity contribution in [3.8, 4) is 11.5 Å². The van der Waals surface area contributed by atoms with Crippen LogP contribution in [-0.2, 0) is 6.54 Å². The van der Waals surface area contributed by atoms with Gasteiger partial charge in [0, 0.05) is 42.0 Å². The molecule has 3 aromatic rings. The van der Waals surface area contributed by atoms with Gasteiger partial charge in [-0.25, -0.2) is 13.8 Å². The van der Waals surface area contributed by atoms with Gasteiger partial charge in [-0.05, 0) is 18.9 Å². The van der Waals surface area contributed by atoms with Gasteiger partial charge in [-0.15, -0.1) is 0 Å². The van der Waals surface area contributed by atoms with Crippen LogP contribution in [0.3, 0.4) is 0 Å². The Morgan fingerprint density at radius 2 is 1.79 bits per heavy atom. The molecule has 0 unspecified atom stereocenters. The molecule has 0 spiro atoms. The molecule has 1 aliphatic rings. The predicted octanol–water partition coefficient (Wildman–Crippen LogP) is 4.82. The molecule has 0 aliphatic heterocycles. The molecule has 1 fully saturated rings. The first kappa shape index (κ1) is 19.3. The maximum absolute atomic E-state index is 14.7. The highest BCUT2D eigenvalue weighted by atomic mass is 19.1. The second-order valence-corrected chi connectivity index (χ2v) is 7.16. The minimum atomic E-state index is -0.799. The topological polar surface area (TPSA) is 71.2 Å². The number of aromatic nitrogens is 2. The van der Waals surface area contributed by atoms with E-state index in [0.717, 1.165) is 35.1 Å². The molecule has 0 atom stereocenters. The number of hydrogen-bond acceptors (Lipinski definition) is 5. The van der Waals surface area contributed by atoms with E-state index in [1.807, 2.05) is 12.3 Å². The molecule has 0 bridgehead atoms. The van der Waals surface area contributed by atoms with Crippen LogP contribution in [-0.4, -0.2) is 30.2 Å². The van der Waals surface area contributed by atoms with Gasteiger partial charge in [0.25, 0.3) is 0 Å². The third-order valence-corrected chi connectivity index (χ3v) is 5.40. The number of aromatic amines is 1. The number of methoxy groups -OCH3 is 2. The van der Waals surface area contributed by atoms with Crippen LogP contribution in [0.5, 0.6) is 11.5 Å². The lowest BCUT2D eigenvalue weighted by molar-refractivity contribution is 0.360. The Labute approximate surface area is 167 Å². The van der Waals surface area contributed by atoms with Crippen molar-refractivity contribution >= 4 is 22.4 Å². The zero-order chi connectivity index (χ0) is 20.4. The molecule has 1 aromatic carbocycles. The van der Waals surface area contributed by atoms with Crippen molar-refractivity contribution in [3.05, 3.63) is 41.7 Å². The van der Waals surface area contributed by atoms with Gasteiger partial charge < -0.3 is 25.1 Å². The van der Waals surface area contributed by atoms with E-state index in [1.165, 1.54) is 33.1 Å². The largest absolute Gasteiger partial charge is 0.493 e. The van der Waals surface area contributed by atoms with Crippen molar-refractivity contribution < 1.29 is 18.3 Å². The molecule has 0 amide bonds. The Balaban J connectivity index is 1.66. The van der Waals surface area contributed by atoms with Gasteiger partial charge in [-0.1, -0.05) is 12.8 Å². The number of nitrogens with zero attached hydrogens (tertiary/aromatic N) is 1. The fourth-order valence-electron chi connectivity index (χ4n) is 3.85. The Kier molecular flexibility index (Phi) is 5.42. The molecule has 8 heteroatoms. The van der Waals surface area contributed by atoms with Crippen LogP contribution in [0, 0.1) is 11.6 Å². The highest BCUT2D eigenvalue weighted by Gasteiger charge is 2.22. The standard InChI is InChI=1S/C21H24F2N4O2/c1-28-15-9-16(29-2)18(23)20(17(15)22)25-10-12-11-26-21-14(7-8-24-21)19(12)27-13-5-3-4-6-13/h7-9,11,13,25H,3-6,10H2,1-2H3,(H2,24,26,27). The number of fused-ring (bicyclic) bond motifs is 1. The summed E-state index contributed by atoms with van der Waals surface area (Å²) in [6.45, 7) is 0.188. The zero-order valence-corrected chi connectivity index (χ0v) is 16.4. The van der Waals surface area contributed by atoms with Crippen LogP contribution in [0.25, 0.3) is 11.0 Å². The summed E-state index contributed by atoms with van der Waals surface area (Å²) >= 11 is 0. The van der Waals surface area contributed by atoms with Crippen molar-refractivity contribution in [2.45, 2.75) is 38.3 Å². The maximum Gasteiger partial charge on any atom is 0.191 e. The van der Waals surface area contributed by atoms with Crippen LogP contribution in [0.4, 0.5) is 20.2 Å². The third-order valence-electron chi connectivity index (χ3n) is 5.40. The number of ether oxygens (including phenoxy) is 2. The van der Waals surface area contributed by atoms with Gasteiger partial charge in [0.05, 0.1) is 19.9 Å². The summed E-state index contributed by atoms with van der Waals surface area (Å²) in [5.41, 5.74) is 2.24. The van der Waals surface area contributed by atoms with Crippen molar-refractivity contribution in [1.82, 2.24) is 9.97 Å². The average molecular weight is 402 g/mol. The van der Waals surface area contributed by atoms with Gasteiger partial charge in [-0.2, -0.15) is 0 Å². The Bertz CT molecular complexity index is 987. The second kappa shape index (κ2) is 8.14. The van der Waals surface area contributed by atoms with Crippen LogP contribution in [0.2, 0.25) is 0 Å². The summed E-state index contributed by atoms with van der Waals surface area (Å²) in [5, 5.41) is 7.44. The summed E-state index contributed by atoms with van der Waals surface area (Å²) in [6, 6.07) is 3.54. The number of rotatable bonds is 7. The molecule has 1 saturated carbocycles. The van der Waals surface area contributed by atoms with Gasteiger partial charge >= 0.3 is 0 Å². The minimum Gasteiger partial charge on any atom is -0.493 e. The number of benzene rings is 1. The molecule has 0 radical (unpaired) electrons. The normalized spacial score (nSPS) is 14.3. The van der Waals surface area contributed by atoms with E-state index in [-0.39, 0.29) is 23.7 Å². The van der Waals surface area contributed by atoms with Crippen molar-refractivity contribution in [1.29, 1.82) is 0 Å².